The Morgan fingerprint density at radius 1 is 1.11 bits per heavy atom. The number of amides is 1. The Bertz CT molecular complexity index is 1060. The molecule has 0 radical (unpaired) electrons. The number of alkyl halides is 3. The summed E-state index contributed by atoms with van der Waals surface area (Å²) in [6.45, 7) is -0.626. The summed E-state index contributed by atoms with van der Waals surface area (Å²) < 4.78 is 53.2. The predicted molar refractivity (Wildman–Crippen MR) is 90.8 cm³/mol. The number of hydrogen-bond donors (Lipinski definition) is 0. The Morgan fingerprint density at radius 3 is 2.37 bits per heavy atom. The molecule has 1 amide bonds. The first-order valence-corrected chi connectivity index (χ1v) is 7.77. The minimum atomic E-state index is -4.95. The highest BCUT2D eigenvalue weighted by molar-refractivity contribution is 5.93. The summed E-state index contributed by atoms with van der Waals surface area (Å²) in [4.78, 5) is 29.4. The van der Waals surface area contributed by atoms with Gasteiger partial charge in [0.05, 0.1) is 11.0 Å². The van der Waals surface area contributed by atoms with Gasteiger partial charge in [-0.15, -0.1) is 0 Å². The fraction of sp³-hybridized carbons (Fsp3) is 0.167. The normalized spacial score (nSPS) is 11.6. The number of para-hydroxylation sites is 2. The third-order valence-corrected chi connectivity index (χ3v) is 4.00. The van der Waals surface area contributed by atoms with Crippen molar-refractivity contribution in [2.24, 2.45) is 0 Å². The van der Waals surface area contributed by atoms with E-state index in [0.717, 1.165) is 21.6 Å². The van der Waals surface area contributed by atoms with Crippen molar-refractivity contribution in [3.63, 3.8) is 0 Å². The fourth-order valence-electron chi connectivity index (χ4n) is 2.58. The average molecular weight is 379 g/mol. The zero-order chi connectivity index (χ0) is 19.8. The van der Waals surface area contributed by atoms with Gasteiger partial charge in [0.2, 0.25) is 11.6 Å². The van der Waals surface area contributed by atoms with Crippen LogP contribution in [0.1, 0.15) is 5.69 Å². The van der Waals surface area contributed by atoms with Crippen LogP contribution in [0.2, 0.25) is 0 Å². The van der Waals surface area contributed by atoms with Gasteiger partial charge in [0.25, 0.3) is 5.56 Å². The lowest BCUT2D eigenvalue weighted by Gasteiger charge is -2.19. The second kappa shape index (κ2) is 6.82. The molecule has 0 aliphatic carbocycles. The van der Waals surface area contributed by atoms with Gasteiger partial charge in [0, 0.05) is 12.7 Å². The second-order valence-corrected chi connectivity index (χ2v) is 5.77. The summed E-state index contributed by atoms with van der Waals surface area (Å²) in [5, 5.41) is 0. The molecule has 0 saturated heterocycles. The number of aromatic nitrogens is 2. The molecule has 0 N–H and O–H groups in total. The van der Waals surface area contributed by atoms with Crippen LogP contribution in [0.5, 0.6) is 0 Å². The molecule has 0 unspecified atom stereocenters. The van der Waals surface area contributed by atoms with Crippen molar-refractivity contribution in [1.82, 2.24) is 9.55 Å². The molecule has 0 fully saturated rings. The molecular formula is C18H13F4N3O2. The quantitative estimate of drug-likeness (QED) is 0.657. The molecule has 2 aromatic carbocycles. The van der Waals surface area contributed by atoms with Gasteiger partial charge >= 0.3 is 6.18 Å². The van der Waals surface area contributed by atoms with E-state index in [1.54, 1.807) is 0 Å². The Labute approximate surface area is 150 Å². The SMILES string of the molecule is CN(C(=O)Cn1c(=O)c(C(F)(F)F)nc2ccccc21)c1ccc(F)cc1. The summed E-state index contributed by atoms with van der Waals surface area (Å²) in [5.41, 5.74) is -2.60. The third kappa shape index (κ3) is 3.67. The molecule has 1 aromatic heterocycles. The van der Waals surface area contributed by atoms with Crippen LogP contribution in [0.4, 0.5) is 23.2 Å². The van der Waals surface area contributed by atoms with Crippen molar-refractivity contribution in [2.45, 2.75) is 12.7 Å². The Morgan fingerprint density at radius 2 is 1.74 bits per heavy atom. The number of carbonyl (C=O) groups excluding carboxylic acids is 1. The Balaban J connectivity index is 2.05. The van der Waals surface area contributed by atoms with E-state index in [2.05, 4.69) is 4.98 Å². The first kappa shape index (κ1) is 18.6. The van der Waals surface area contributed by atoms with Crippen LogP contribution in [0.3, 0.4) is 0 Å². The van der Waals surface area contributed by atoms with Crippen molar-refractivity contribution in [1.29, 1.82) is 0 Å². The number of benzene rings is 2. The average Bonchev–Trinajstić information content (AvgIpc) is 2.62. The van der Waals surface area contributed by atoms with Gasteiger partial charge < -0.3 is 4.90 Å². The molecule has 0 aliphatic rings. The highest BCUT2D eigenvalue weighted by Crippen LogP contribution is 2.26. The summed E-state index contributed by atoms with van der Waals surface area (Å²) >= 11 is 0. The number of nitrogens with zero attached hydrogens (tertiary/aromatic N) is 3. The van der Waals surface area contributed by atoms with Crippen LogP contribution < -0.4 is 10.5 Å². The van der Waals surface area contributed by atoms with Gasteiger partial charge in [-0.25, -0.2) is 9.37 Å². The molecule has 0 atom stereocenters. The molecule has 0 bridgehead atoms. The van der Waals surface area contributed by atoms with Crippen molar-refractivity contribution in [3.05, 3.63) is 70.4 Å². The molecule has 140 valence electrons. The number of likely N-dealkylation sites (N-methyl/N-ethyl adjacent to an activating group) is 1. The van der Waals surface area contributed by atoms with Crippen LogP contribution in [-0.4, -0.2) is 22.5 Å². The second-order valence-electron chi connectivity index (χ2n) is 5.77. The first-order chi connectivity index (χ1) is 12.7. The van der Waals surface area contributed by atoms with E-state index in [4.69, 9.17) is 0 Å². The molecule has 0 saturated carbocycles. The van der Waals surface area contributed by atoms with E-state index in [1.807, 2.05) is 0 Å². The van der Waals surface area contributed by atoms with Crippen molar-refractivity contribution in [3.8, 4) is 0 Å². The Hall–Kier alpha value is -3.23. The van der Waals surface area contributed by atoms with Crippen LogP contribution in [-0.2, 0) is 17.5 Å². The van der Waals surface area contributed by atoms with Gasteiger partial charge in [0.1, 0.15) is 12.4 Å². The fourth-order valence-corrected chi connectivity index (χ4v) is 2.58. The zero-order valence-electron chi connectivity index (χ0n) is 14.0. The van der Waals surface area contributed by atoms with E-state index in [0.29, 0.717) is 5.69 Å². The van der Waals surface area contributed by atoms with E-state index < -0.39 is 35.7 Å². The summed E-state index contributed by atoms with van der Waals surface area (Å²) in [5.74, 6) is -1.14. The standard InChI is InChI=1S/C18H13F4N3O2/c1-24(12-8-6-11(19)7-9-12)15(26)10-25-14-5-3-2-4-13(14)23-16(17(25)27)18(20,21)22/h2-9H,10H2,1H3. The molecule has 1 heterocycles. The summed E-state index contributed by atoms with van der Waals surface area (Å²) in [7, 11) is 1.38. The van der Waals surface area contributed by atoms with E-state index in [-0.39, 0.29) is 11.0 Å². The number of carbonyl (C=O) groups is 1. The van der Waals surface area contributed by atoms with Crippen LogP contribution in [0, 0.1) is 5.82 Å². The van der Waals surface area contributed by atoms with Crippen LogP contribution >= 0.6 is 0 Å². The lowest BCUT2D eigenvalue weighted by molar-refractivity contribution is -0.142. The zero-order valence-corrected chi connectivity index (χ0v) is 14.0. The smallest absolute Gasteiger partial charge is 0.314 e. The monoisotopic (exact) mass is 379 g/mol. The molecule has 5 nitrogen and oxygen atoms in total. The molecule has 0 aliphatic heterocycles. The van der Waals surface area contributed by atoms with Crippen molar-refractivity contribution < 1.29 is 22.4 Å². The highest BCUT2D eigenvalue weighted by atomic mass is 19.4. The highest BCUT2D eigenvalue weighted by Gasteiger charge is 2.37. The van der Waals surface area contributed by atoms with E-state index in [9.17, 15) is 27.2 Å². The number of halogens is 4. The van der Waals surface area contributed by atoms with Gasteiger partial charge in [-0.1, -0.05) is 12.1 Å². The van der Waals surface area contributed by atoms with E-state index in [1.165, 1.54) is 43.4 Å². The van der Waals surface area contributed by atoms with Gasteiger partial charge in [-0.3, -0.25) is 14.2 Å². The van der Waals surface area contributed by atoms with E-state index >= 15 is 0 Å². The maximum Gasteiger partial charge on any atom is 0.438 e. The minimum absolute atomic E-state index is 0.0540. The van der Waals surface area contributed by atoms with Gasteiger partial charge in [0.15, 0.2) is 0 Å². The third-order valence-electron chi connectivity index (χ3n) is 4.00. The van der Waals surface area contributed by atoms with Crippen molar-refractivity contribution in [2.75, 3.05) is 11.9 Å². The lowest BCUT2D eigenvalue weighted by atomic mass is 10.2. The summed E-state index contributed by atoms with van der Waals surface area (Å²) in [6.07, 6.45) is -4.95. The number of anilines is 1. The minimum Gasteiger partial charge on any atom is -0.314 e. The molecular weight excluding hydrogens is 366 g/mol. The summed E-state index contributed by atoms with van der Waals surface area (Å²) in [6, 6.07) is 10.7. The first-order valence-electron chi connectivity index (χ1n) is 7.77. The Kier molecular flexibility index (Phi) is 4.69. The van der Waals surface area contributed by atoms with Crippen LogP contribution in [0.25, 0.3) is 11.0 Å². The molecule has 0 spiro atoms. The molecule has 3 rings (SSSR count). The number of rotatable bonds is 3. The number of fused-ring (bicyclic) bond motifs is 1. The molecule has 3 aromatic rings. The topological polar surface area (TPSA) is 55.2 Å². The maximum atomic E-state index is 13.1. The molecule has 27 heavy (non-hydrogen) atoms. The lowest BCUT2D eigenvalue weighted by Crippen LogP contribution is -2.37. The largest absolute Gasteiger partial charge is 0.438 e. The predicted octanol–water partition coefficient (Wildman–Crippen LogP) is 3.22. The van der Waals surface area contributed by atoms with Crippen LogP contribution in [0.15, 0.2) is 53.3 Å². The molecule has 9 heteroatoms. The van der Waals surface area contributed by atoms with Crippen molar-refractivity contribution >= 4 is 22.6 Å². The van der Waals surface area contributed by atoms with Gasteiger partial charge in [-0.2, -0.15) is 13.2 Å². The number of hydrogen-bond acceptors (Lipinski definition) is 3. The van der Waals surface area contributed by atoms with Gasteiger partial charge in [-0.05, 0) is 36.4 Å². The maximum absolute atomic E-state index is 13.1.